The molecule has 0 bridgehead atoms. The van der Waals surface area contributed by atoms with E-state index in [1.165, 1.54) is 0 Å². The average Bonchev–Trinajstić information content (AvgIpc) is 1.88. The van der Waals surface area contributed by atoms with Crippen molar-refractivity contribution in [3.8, 4) is 0 Å². The molecule has 1 aliphatic heterocycles. The van der Waals surface area contributed by atoms with Crippen molar-refractivity contribution in [2.45, 2.75) is 0 Å². The Hall–Kier alpha value is 0.490. The van der Waals surface area contributed by atoms with Gasteiger partial charge in [0.25, 0.3) is 0 Å². The van der Waals surface area contributed by atoms with Gasteiger partial charge in [0.2, 0.25) is 0 Å². The molecular weight excluding hydrogens is 200 g/mol. The summed E-state index contributed by atoms with van der Waals surface area (Å²) in [5.41, 5.74) is 0. The van der Waals surface area contributed by atoms with Gasteiger partial charge in [-0.2, -0.15) is 0 Å². The van der Waals surface area contributed by atoms with Crippen LogP contribution < -0.4 is 0 Å². The van der Waals surface area contributed by atoms with Gasteiger partial charge >= 0.3 is 0 Å². The fourth-order valence-electron chi connectivity index (χ4n) is 0.998. The highest BCUT2D eigenvalue weighted by molar-refractivity contribution is 8.10. The van der Waals surface area contributed by atoms with Crippen LogP contribution in [0.2, 0.25) is 0 Å². The van der Waals surface area contributed by atoms with Crippen LogP contribution in [0.25, 0.3) is 0 Å². The van der Waals surface area contributed by atoms with E-state index < -0.39 is 0 Å². The van der Waals surface area contributed by atoms with Gasteiger partial charge in [-0.15, -0.1) is 25.0 Å². The summed E-state index contributed by atoms with van der Waals surface area (Å²) >= 11 is 9.04. The van der Waals surface area contributed by atoms with E-state index in [-0.39, 0.29) is 12.4 Å². The number of likely N-dealkylation sites (N-methyl/N-ethyl adjacent to an activating group) is 1. The Morgan fingerprint density at radius 3 is 2.09 bits per heavy atom. The van der Waals surface area contributed by atoms with Crippen LogP contribution in [0.5, 0.6) is 0 Å². The van der Waals surface area contributed by atoms with Crippen molar-refractivity contribution in [2.75, 3.05) is 33.2 Å². The average molecular weight is 213 g/mol. The Bertz CT molecular complexity index is 135. The van der Waals surface area contributed by atoms with Crippen LogP contribution >= 0.6 is 37.3 Å². The highest BCUT2D eigenvalue weighted by Gasteiger charge is 2.13. The smallest absolute Gasteiger partial charge is 0.133 e. The maximum Gasteiger partial charge on any atom is 0.133 e. The zero-order valence-corrected chi connectivity index (χ0v) is 9.01. The lowest BCUT2D eigenvalue weighted by Crippen LogP contribution is -2.45. The van der Waals surface area contributed by atoms with Gasteiger partial charge in [0.1, 0.15) is 4.32 Å². The predicted octanol–water partition coefficient (Wildman–Crippen LogP) is 0.870. The van der Waals surface area contributed by atoms with Crippen LogP contribution in [0.15, 0.2) is 0 Å². The molecule has 0 aromatic carbocycles. The first kappa shape index (κ1) is 11.5. The molecule has 1 fully saturated rings. The molecule has 1 heterocycles. The molecule has 0 atom stereocenters. The molecule has 0 aromatic rings. The van der Waals surface area contributed by atoms with Crippen molar-refractivity contribution < 1.29 is 0 Å². The first-order chi connectivity index (χ1) is 4.70. The molecular formula is C6H13ClN2S2. The minimum absolute atomic E-state index is 0. The largest absolute Gasteiger partial charge is 0.355 e. The van der Waals surface area contributed by atoms with E-state index in [1.807, 2.05) is 0 Å². The van der Waals surface area contributed by atoms with Crippen molar-refractivity contribution in [3.05, 3.63) is 0 Å². The summed E-state index contributed by atoms with van der Waals surface area (Å²) in [7, 11) is 2.12. The van der Waals surface area contributed by atoms with Crippen molar-refractivity contribution in [1.29, 1.82) is 0 Å². The maximum absolute atomic E-state index is 4.93. The summed E-state index contributed by atoms with van der Waals surface area (Å²) in [5, 5.41) is 0. The van der Waals surface area contributed by atoms with Crippen LogP contribution in [0.4, 0.5) is 0 Å². The molecule has 0 unspecified atom stereocenters. The molecule has 0 saturated carbocycles. The Morgan fingerprint density at radius 2 is 1.73 bits per heavy atom. The number of rotatable bonds is 0. The zero-order valence-electron chi connectivity index (χ0n) is 6.49. The summed E-state index contributed by atoms with van der Waals surface area (Å²) in [4.78, 5) is 4.42. The Labute approximate surface area is 84.7 Å². The topological polar surface area (TPSA) is 6.48 Å². The second kappa shape index (κ2) is 5.19. The molecule has 66 valence electrons. The van der Waals surface area contributed by atoms with E-state index in [2.05, 4.69) is 29.5 Å². The Morgan fingerprint density at radius 1 is 1.27 bits per heavy atom. The predicted molar refractivity (Wildman–Crippen MR) is 57.9 cm³/mol. The monoisotopic (exact) mass is 212 g/mol. The van der Waals surface area contributed by atoms with Gasteiger partial charge in [-0.1, -0.05) is 12.2 Å². The van der Waals surface area contributed by atoms with Gasteiger partial charge in [-0.05, 0) is 7.05 Å². The first-order valence-corrected chi connectivity index (χ1v) is 4.22. The van der Waals surface area contributed by atoms with Gasteiger partial charge in [0, 0.05) is 26.2 Å². The summed E-state index contributed by atoms with van der Waals surface area (Å²) in [6.45, 7) is 4.25. The lowest BCUT2D eigenvalue weighted by Gasteiger charge is -2.32. The van der Waals surface area contributed by atoms with E-state index in [0.717, 1.165) is 30.5 Å². The van der Waals surface area contributed by atoms with E-state index >= 15 is 0 Å². The molecule has 0 spiro atoms. The van der Waals surface area contributed by atoms with Crippen molar-refractivity contribution in [1.82, 2.24) is 9.80 Å². The van der Waals surface area contributed by atoms with E-state index in [9.17, 15) is 0 Å². The van der Waals surface area contributed by atoms with Gasteiger partial charge in [0.05, 0.1) is 0 Å². The van der Waals surface area contributed by atoms with Crippen molar-refractivity contribution in [3.63, 3.8) is 0 Å². The normalized spacial score (nSPS) is 19.3. The first-order valence-electron chi connectivity index (χ1n) is 3.36. The zero-order chi connectivity index (χ0) is 7.56. The van der Waals surface area contributed by atoms with Crippen LogP contribution in [0.3, 0.4) is 0 Å². The molecule has 2 nitrogen and oxygen atoms in total. The summed E-state index contributed by atoms with van der Waals surface area (Å²) in [5.74, 6) is 0. The molecule has 0 aromatic heterocycles. The van der Waals surface area contributed by atoms with Crippen LogP contribution in [0.1, 0.15) is 0 Å². The fraction of sp³-hybridized carbons (Fsp3) is 0.833. The highest BCUT2D eigenvalue weighted by atomic mass is 35.5. The summed E-state index contributed by atoms with van der Waals surface area (Å²) in [6, 6.07) is 0. The Balaban J connectivity index is 0.000001000. The third kappa shape index (κ3) is 3.60. The lowest BCUT2D eigenvalue weighted by molar-refractivity contribution is 0.220. The standard InChI is InChI=1S/C6H12N2S2.ClH/c1-7-2-4-8(5-3-7)6(9)10;/h2-5H2,1H3,(H,9,10);1H. The van der Waals surface area contributed by atoms with Gasteiger partial charge < -0.3 is 9.80 Å². The fourth-order valence-corrected chi connectivity index (χ4v) is 1.38. The maximum atomic E-state index is 4.93. The van der Waals surface area contributed by atoms with Gasteiger partial charge in [-0.3, -0.25) is 0 Å². The molecule has 0 N–H and O–H groups in total. The van der Waals surface area contributed by atoms with Crippen LogP contribution in [0, 0.1) is 0 Å². The van der Waals surface area contributed by atoms with Crippen LogP contribution in [-0.4, -0.2) is 47.3 Å². The molecule has 0 amide bonds. The number of halogens is 1. The molecule has 0 radical (unpaired) electrons. The quantitative estimate of drug-likeness (QED) is 0.471. The highest BCUT2D eigenvalue weighted by Crippen LogP contribution is 2.02. The van der Waals surface area contributed by atoms with E-state index in [1.54, 1.807) is 0 Å². The molecule has 11 heavy (non-hydrogen) atoms. The van der Waals surface area contributed by atoms with Crippen LogP contribution in [-0.2, 0) is 0 Å². The number of hydrogen-bond acceptors (Lipinski definition) is 2. The molecule has 0 aliphatic carbocycles. The second-order valence-corrected chi connectivity index (χ2v) is 3.69. The molecule has 1 aliphatic rings. The molecule has 5 heteroatoms. The van der Waals surface area contributed by atoms with Crippen molar-refractivity contribution >= 4 is 41.6 Å². The van der Waals surface area contributed by atoms with Crippen molar-refractivity contribution in [2.24, 2.45) is 0 Å². The third-order valence-electron chi connectivity index (χ3n) is 1.77. The van der Waals surface area contributed by atoms with Gasteiger partial charge in [-0.25, -0.2) is 0 Å². The number of hydrogen-bond donors (Lipinski definition) is 1. The van der Waals surface area contributed by atoms with E-state index in [4.69, 9.17) is 12.2 Å². The number of piperazine rings is 1. The lowest BCUT2D eigenvalue weighted by atomic mass is 10.4. The molecule has 1 rings (SSSR count). The van der Waals surface area contributed by atoms with Gasteiger partial charge in [0.15, 0.2) is 0 Å². The minimum Gasteiger partial charge on any atom is -0.355 e. The number of thiol groups is 1. The minimum atomic E-state index is 0. The summed E-state index contributed by atoms with van der Waals surface area (Å²) < 4.78 is 0.730. The molecule has 1 saturated heterocycles. The Kier molecular flexibility index (Phi) is 5.42. The second-order valence-electron chi connectivity index (χ2n) is 2.57. The summed E-state index contributed by atoms with van der Waals surface area (Å²) in [6.07, 6.45) is 0. The van der Waals surface area contributed by atoms with E-state index in [0.29, 0.717) is 0 Å². The third-order valence-corrected chi connectivity index (χ3v) is 2.31. The number of thiocarbonyl (C=S) groups is 1. The number of nitrogens with zero attached hydrogens (tertiary/aromatic N) is 2. The SMILES string of the molecule is CN1CCN(C(=S)S)CC1.Cl.